The van der Waals surface area contributed by atoms with Gasteiger partial charge in [-0.1, -0.05) is 56.1 Å². The van der Waals surface area contributed by atoms with Crippen LogP contribution >= 0.6 is 23.2 Å². The number of H-pyrrole nitrogens is 1. The van der Waals surface area contributed by atoms with Crippen LogP contribution < -0.4 is 10.2 Å². The Hall–Kier alpha value is -2.28. The highest BCUT2D eigenvalue weighted by molar-refractivity contribution is 6.34. The van der Waals surface area contributed by atoms with E-state index in [2.05, 4.69) is 40.3 Å². The number of carbonyl (C=O) groups excluding carboxylic acids is 1. The zero-order chi connectivity index (χ0) is 25.3. The van der Waals surface area contributed by atoms with E-state index in [1.807, 2.05) is 45.0 Å². The van der Waals surface area contributed by atoms with Crippen molar-refractivity contribution in [3.05, 3.63) is 57.3 Å². The minimum absolute atomic E-state index is 0.0185. The van der Waals surface area contributed by atoms with Crippen LogP contribution in [0.15, 0.2) is 30.3 Å². The van der Waals surface area contributed by atoms with E-state index < -0.39 is 5.41 Å². The van der Waals surface area contributed by atoms with E-state index in [0.717, 1.165) is 58.3 Å². The number of rotatable bonds is 7. The molecular formula is C27H35Cl2N5O. The summed E-state index contributed by atoms with van der Waals surface area (Å²) in [6.07, 6.45) is 1.74. The molecule has 1 aliphatic heterocycles. The van der Waals surface area contributed by atoms with Crippen LogP contribution in [0.4, 0.5) is 5.69 Å². The Labute approximate surface area is 218 Å². The molecule has 1 atom stereocenters. The summed E-state index contributed by atoms with van der Waals surface area (Å²) in [4.78, 5) is 25.1. The number of carbonyl (C=O) groups is 1. The third-order valence-electron chi connectivity index (χ3n) is 6.45. The van der Waals surface area contributed by atoms with Crippen LogP contribution in [0.3, 0.4) is 0 Å². The Kier molecular flexibility index (Phi) is 7.65. The maximum absolute atomic E-state index is 12.2. The summed E-state index contributed by atoms with van der Waals surface area (Å²) in [7, 11) is 4.24. The van der Waals surface area contributed by atoms with Crippen molar-refractivity contribution in [2.45, 2.75) is 40.2 Å². The van der Waals surface area contributed by atoms with Gasteiger partial charge in [0.1, 0.15) is 5.82 Å². The lowest BCUT2D eigenvalue weighted by atomic mass is 9.95. The minimum Gasteiger partial charge on any atom is -0.370 e. The highest BCUT2D eigenvalue weighted by Gasteiger charge is 2.25. The number of aromatic amines is 1. The second kappa shape index (κ2) is 10.4. The van der Waals surface area contributed by atoms with Crippen molar-refractivity contribution >= 4 is 45.8 Å². The molecule has 2 N–H and O–H groups in total. The Morgan fingerprint density at radius 2 is 1.97 bits per heavy atom. The molecule has 1 amide bonds. The molecule has 1 fully saturated rings. The molecule has 0 radical (unpaired) electrons. The molecule has 1 unspecified atom stereocenters. The van der Waals surface area contributed by atoms with E-state index in [1.165, 1.54) is 6.42 Å². The highest BCUT2D eigenvalue weighted by Crippen LogP contribution is 2.34. The van der Waals surface area contributed by atoms with Gasteiger partial charge in [0.15, 0.2) is 0 Å². The van der Waals surface area contributed by atoms with Gasteiger partial charge >= 0.3 is 0 Å². The second-order valence-electron chi connectivity index (χ2n) is 10.9. The zero-order valence-electron chi connectivity index (χ0n) is 21.2. The van der Waals surface area contributed by atoms with E-state index in [1.54, 1.807) is 0 Å². The molecule has 0 saturated carbocycles. The van der Waals surface area contributed by atoms with Crippen molar-refractivity contribution in [1.29, 1.82) is 0 Å². The average Bonchev–Trinajstić information content (AvgIpc) is 3.38. The molecule has 2 aromatic carbocycles. The third-order valence-corrected chi connectivity index (χ3v) is 7.12. The number of nitrogens with one attached hydrogen (secondary N) is 2. The molecule has 6 nitrogen and oxygen atoms in total. The van der Waals surface area contributed by atoms with Crippen molar-refractivity contribution in [1.82, 2.24) is 20.2 Å². The van der Waals surface area contributed by atoms with Gasteiger partial charge < -0.3 is 20.1 Å². The first-order valence-corrected chi connectivity index (χ1v) is 12.9. The number of amides is 1. The summed E-state index contributed by atoms with van der Waals surface area (Å²) in [5.74, 6) is 1.50. The Morgan fingerprint density at radius 3 is 2.69 bits per heavy atom. The van der Waals surface area contributed by atoms with E-state index in [0.29, 0.717) is 23.9 Å². The zero-order valence-corrected chi connectivity index (χ0v) is 22.7. The number of halogens is 2. The van der Waals surface area contributed by atoms with Gasteiger partial charge in [-0.15, -0.1) is 0 Å². The van der Waals surface area contributed by atoms with E-state index in [-0.39, 0.29) is 5.91 Å². The van der Waals surface area contributed by atoms with Gasteiger partial charge in [0.25, 0.3) is 0 Å². The van der Waals surface area contributed by atoms with Gasteiger partial charge in [0.2, 0.25) is 5.91 Å². The fourth-order valence-electron chi connectivity index (χ4n) is 4.62. The van der Waals surface area contributed by atoms with Crippen LogP contribution in [0.1, 0.15) is 44.1 Å². The molecule has 0 spiro atoms. The first-order chi connectivity index (χ1) is 16.5. The molecule has 35 heavy (non-hydrogen) atoms. The minimum atomic E-state index is -0.425. The Balaban J connectivity index is 1.50. The predicted molar refractivity (Wildman–Crippen MR) is 146 cm³/mol. The molecule has 188 valence electrons. The van der Waals surface area contributed by atoms with Crippen LogP contribution in [-0.4, -0.2) is 54.5 Å². The van der Waals surface area contributed by atoms with Crippen LogP contribution in [0.2, 0.25) is 10.0 Å². The lowest BCUT2D eigenvalue weighted by molar-refractivity contribution is -0.128. The molecule has 8 heteroatoms. The molecule has 2 heterocycles. The number of nitrogens with zero attached hydrogens (tertiary/aromatic N) is 3. The molecule has 4 rings (SSSR count). The summed E-state index contributed by atoms with van der Waals surface area (Å²) in [6, 6.07) is 9.92. The van der Waals surface area contributed by atoms with E-state index in [9.17, 15) is 4.79 Å². The van der Waals surface area contributed by atoms with Crippen molar-refractivity contribution in [3.63, 3.8) is 0 Å². The highest BCUT2D eigenvalue weighted by atomic mass is 35.5. The predicted octanol–water partition coefficient (Wildman–Crippen LogP) is 5.51. The fourth-order valence-corrected chi connectivity index (χ4v) is 5.08. The monoisotopic (exact) mass is 515 g/mol. The number of fused-ring (bicyclic) bond motifs is 1. The smallest absolute Gasteiger partial charge is 0.225 e. The van der Waals surface area contributed by atoms with Crippen molar-refractivity contribution < 1.29 is 4.79 Å². The van der Waals surface area contributed by atoms with Crippen LogP contribution in [0, 0.1) is 11.3 Å². The summed E-state index contributed by atoms with van der Waals surface area (Å²) in [6.45, 7) is 9.28. The molecule has 0 aliphatic carbocycles. The number of aromatic nitrogens is 2. The summed E-state index contributed by atoms with van der Waals surface area (Å²) in [5.41, 5.74) is 4.41. The van der Waals surface area contributed by atoms with Gasteiger partial charge in [-0.25, -0.2) is 4.98 Å². The topological polar surface area (TPSA) is 64.3 Å². The van der Waals surface area contributed by atoms with Crippen LogP contribution in [0.5, 0.6) is 0 Å². The first-order valence-electron chi connectivity index (χ1n) is 12.1. The van der Waals surface area contributed by atoms with E-state index >= 15 is 0 Å². The van der Waals surface area contributed by atoms with Crippen LogP contribution in [-0.2, 0) is 17.8 Å². The molecule has 1 aromatic heterocycles. The number of anilines is 1. The SMILES string of the molecule is CN(C)CC1CCN(c2cc3nc(Cc4cc(CNC(=O)C(C)(C)C)ccc4Cl)[nH]c3cc2Cl)C1. The molecule has 1 aliphatic rings. The normalized spacial score (nSPS) is 16.5. The average molecular weight is 517 g/mol. The van der Waals surface area contributed by atoms with Gasteiger partial charge in [-0.3, -0.25) is 4.79 Å². The first kappa shape index (κ1) is 25.8. The standard InChI is InChI=1S/C27H35Cl2N5O/c1-27(2,3)26(35)30-14-17-6-7-20(28)19(10-17)11-25-31-22-12-21(29)24(13-23(22)32-25)34-9-8-18(16-34)15-33(4)5/h6-7,10,12-13,18H,8-9,11,14-16H2,1-5H3,(H,30,35)(H,31,32). The second-order valence-corrected chi connectivity index (χ2v) is 11.7. The van der Waals surface area contributed by atoms with Gasteiger partial charge in [0.05, 0.1) is 21.7 Å². The van der Waals surface area contributed by atoms with Crippen molar-refractivity contribution in [2.75, 3.05) is 38.6 Å². The molecular weight excluding hydrogens is 481 g/mol. The van der Waals surface area contributed by atoms with Gasteiger partial charge in [-0.2, -0.15) is 0 Å². The quantitative estimate of drug-likeness (QED) is 0.435. The molecule has 0 bridgehead atoms. The van der Waals surface area contributed by atoms with Gasteiger partial charge in [0, 0.05) is 43.0 Å². The number of benzene rings is 2. The number of hydrogen-bond acceptors (Lipinski definition) is 4. The summed E-state index contributed by atoms with van der Waals surface area (Å²) in [5, 5.41) is 4.42. The maximum Gasteiger partial charge on any atom is 0.225 e. The lowest BCUT2D eigenvalue weighted by Gasteiger charge is -2.21. The largest absolute Gasteiger partial charge is 0.370 e. The number of hydrogen-bond donors (Lipinski definition) is 2. The molecule has 3 aromatic rings. The van der Waals surface area contributed by atoms with Crippen LogP contribution in [0.25, 0.3) is 11.0 Å². The van der Waals surface area contributed by atoms with Crippen molar-refractivity contribution in [2.24, 2.45) is 11.3 Å². The Bertz CT molecular complexity index is 1210. The van der Waals surface area contributed by atoms with Crippen molar-refractivity contribution in [3.8, 4) is 0 Å². The molecule has 1 saturated heterocycles. The maximum atomic E-state index is 12.2. The van der Waals surface area contributed by atoms with Gasteiger partial charge in [-0.05, 0) is 55.8 Å². The summed E-state index contributed by atoms with van der Waals surface area (Å²) >= 11 is 13.2. The fraction of sp³-hybridized carbons (Fsp3) is 0.481. The number of imidazole rings is 1. The van der Waals surface area contributed by atoms with E-state index in [4.69, 9.17) is 28.2 Å². The lowest BCUT2D eigenvalue weighted by Crippen LogP contribution is -2.34. The third kappa shape index (κ3) is 6.29. The summed E-state index contributed by atoms with van der Waals surface area (Å²) < 4.78 is 0. The Morgan fingerprint density at radius 1 is 1.20 bits per heavy atom.